The van der Waals surface area contributed by atoms with Crippen LogP contribution in [0.25, 0.3) is 10.9 Å². The summed E-state index contributed by atoms with van der Waals surface area (Å²) in [6, 6.07) is 13.8. The molecule has 1 amide bonds. The molecule has 106 valence electrons. The number of carbonyl (C=O) groups excluding carboxylic acids is 1. The quantitative estimate of drug-likeness (QED) is 0.758. The Labute approximate surface area is 121 Å². The van der Waals surface area contributed by atoms with Crippen LogP contribution in [0, 0.1) is 12.7 Å². The van der Waals surface area contributed by atoms with Crippen LogP contribution in [0.1, 0.15) is 21.6 Å². The highest BCUT2D eigenvalue weighted by atomic mass is 19.1. The predicted molar refractivity (Wildman–Crippen MR) is 80.6 cm³/mol. The third kappa shape index (κ3) is 2.65. The zero-order chi connectivity index (χ0) is 14.8. The minimum atomic E-state index is -0.280. The Bertz CT molecular complexity index is 790. The van der Waals surface area contributed by atoms with E-state index < -0.39 is 0 Å². The van der Waals surface area contributed by atoms with Crippen molar-refractivity contribution in [3.05, 3.63) is 71.2 Å². The summed E-state index contributed by atoms with van der Waals surface area (Å²) in [7, 11) is 0. The fraction of sp³-hybridized carbons (Fsp3) is 0.118. The second kappa shape index (κ2) is 5.40. The van der Waals surface area contributed by atoms with Gasteiger partial charge < -0.3 is 10.3 Å². The van der Waals surface area contributed by atoms with Crippen LogP contribution in [0.15, 0.2) is 48.5 Å². The molecule has 3 rings (SSSR count). The minimum Gasteiger partial charge on any atom is -0.358 e. The van der Waals surface area contributed by atoms with Gasteiger partial charge in [0.1, 0.15) is 5.82 Å². The number of hydrogen-bond donors (Lipinski definition) is 2. The smallest absolute Gasteiger partial charge is 0.253 e. The second-order valence-electron chi connectivity index (χ2n) is 4.98. The predicted octanol–water partition coefficient (Wildman–Crippen LogP) is 3.55. The second-order valence-corrected chi connectivity index (χ2v) is 4.98. The van der Waals surface area contributed by atoms with Crippen molar-refractivity contribution >= 4 is 16.8 Å². The van der Waals surface area contributed by atoms with Crippen molar-refractivity contribution < 1.29 is 9.18 Å². The van der Waals surface area contributed by atoms with Crippen molar-refractivity contribution in [1.29, 1.82) is 0 Å². The third-order valence-electron chi connectivity index (χ3n) is 3.49. The Morgan fingerprint density at radius 2 is 1.86 bits per heavy atom. The summed E-state index contributed by atoms with van der Waals surface area (Å²) in [5.74, 6) is -0.410. The van der Waals surface area contributed by atoms with E-state index in [-0.39, 0.29) is 11.7 Å². The van der Waals surface area contributed by atoms with Gasteiger partial charge in [0.15, 0.2) is 0 Å². The minimum absolute atomic E-state index is 0.130. The number of H-pyrrole nitrogens is 1. The molecule has 0 aliphatic rings. The first-order valence-electron chi connectivity index (χ1n) is 6.75. The summed E-state index contributed by atoms with van der Waals surface area (Å²) in [4.78, 5) is 15.6. The number of aromatic amines is 1. The third-order valence-corrected chi connectivity index (χ3v) is 3.49. The van der Waals surface area contributed by atoms with Crippen molar-refractivity contribution in [2.45, 2.75) is 13.5 Å². The Balaban J connectivity index is 1.81. The van der Waals surface area contributed by atoms with Crippen LogP contribution in [-0.2, 0) is 6.54 Å². The van der Waals surface area contributed by atoms with Gasteiger partial charge in [-0.2, -0.15) is 0 Å². The molecule has 3 nitrogen and oxygen atoms in total. The van der Waals surface area contributed by atoms with Crippen LogP contribution in [0.5, 0.6) is 0 Å². The summed E-state index contributed by atoms with van der Waals surface area (Å²) >= 11 is 0. The molecule has 0 radical (unpaired) electrons. The van der Waals surface area contributed by atoms with Gasteiger partial charge in [0, 0.05) is 23.1 Å². The highest BCUT2D eigenvalue weighted by Gasteiger charge is 2.15. The normalized spacial score (nSPS) is 10.8. The lowest BCUT2D eigenvalue weighted by atomic mass is 10.1. The van der Waals surface area contributed by atoms with Crippen LogP contribution in [0.4, 0.5) is 4.39 Å². The van der Waals surface area contributed by atoms with Crippen LogP contribution < -0.4 is 5.32 Å². The van der Waals surface area contributed by atoms with Gasteiger partial charge in [-0.3, -0.25) is 4.79 Å². The molecular weight excluding hydrogens is 267 g/mol. The first-order valence-corrected chi connectivity index (χ1v) is 6.75. The summed E-state index contributed by atoms with van der Waals surface area (Å²) < 4.78 is 12.8. The monoisotopic (exact) mass is 282 g/mol. The molecule has 0 aliphatic carbocycles. The van der Waals surface area contributed by atoms with Crippen molar-refractivity contribution in [1.82, 2.24) is 10.3 Å². The van der Waals surface area contributed by atoms with Crippen LogP contribution in [0.2, 0.25) is 0 Å². The molecule has 0 bridgehead atoms. The lowest BCUT2D eigenvalue weighted by Crippen LogP contribution is -2.23. The molecule has 4 heteroatoms. The van der Waals surface area contributed by atoms with Gasteiger partial charge >= 0.3 is 0 Å². The maximum atomic E-state index is 12.8. The topological polar surface area (TPSA) is 44.9 Å². The molecule has 0 aliphatic heterocycles. The van der Waals surface area contributed by atoms with E-state index in [1.165, 1.54) is 12.1 Å². The first-order chi connectivity index (χ1) is 10.1. The number of carbonyl (C=O) groups is 1. The van der Waals surface area contributed by atoms with Crippen LogP contribution >= 0.6 is 0 Å². The van der Waals surface area contributed by atoms with E-state index in [0.717, 1.165) is 22.2 Å². The van der Waals surface area contributed by atoms with Gasteiger partial charge in [0.2, 0.25) is 0 Å². The van der Waals surface area contributed by atoms with Gasteiger partial charge in [-0.05, 0) is 30.7 Å². The molecular formula is C17H15FN2O. The number of fused-ring (bicyclic) bond motifs is 1. The number of hydrogen-bond acceptors (Lipinski definition) is 1. The van der Waals surface area contributed by atoms with E-state index in [1.54, 1.807) is 12.1 Å². The highest BCUT2D eigenvalue weighted by molar-refractivity contribution is 6.08. The number of aromatic nitrogens is 1. The number of nitrogens with one attached hydrogen (secondary N) is 2. The lowest BCUT2D eigenvalue weighted by molar-refractivity contribution is 0.0952. The fourth-order valence-corrected chi connectivity index (χ4v) is 2.44. The summed E-state index contributed by atoms with van der Waals surface area (Å²) in [6.07, 6.45) is 0. The fourth-order valence-electron chi connectivity index (χ4n) is 2.44. The number of benzene rings is 2. The maximum Gasteiger partial charge on any atom is 0.253 e. The molecule has 1 heterocycles. The average molecular weight is 282 g/mol. The zero-order valence-electron chi connectivity index (χ0n) is 11.6. The number of aryl methyl sites for hydroxylation is 1. The van der Waals surface area contributed by atoms with Gasteiger partial charge in [-0.25, -0.2) is 4.39 Å². The molecule has 0 spiro atoms. The van der Waals surface area contributed by atoms with Crippen molar-refractivity contribution in [3.63, 3.8) is 0 Å². The molecule has 2 N–H and O–H groups in total. The van der Waals surface area contributed by atoms with E-state index in [1.807, 2.05) is 31.2 Å². The average Bonchev–Trinajstić information content (AvgIpc) is 2.82. The highest BCUT2D eigenvalue weighted by Crippen LogP contribution is 2.21. The molecule has 2 aromatic carbocycles. The Hall–Kier alpha value is -2.62. The summed E-state index contributed by atoms with van der Waals surface area (Å²) in [5, 5.41) is 3.78. The van der Waals surface area contributed by atoms with E-state index in [0.29, 0.717) is 12.1 Å². The Morgan fingerprint density at radius 3 is 2.62 bits per heavy atom. The maximum absolute atomic E-state index is 12.8. The lowest BCUT2D eigenvalue weighted by Gasteiger charge is -2.06. The van der Waals surface area contributed by atoms with Gasteiger partial charge in [-0.1, -0.05) is 30.3 Å². The molecule has 0 fully saturated rings. The van der Waals surface area contributed by atoms with E-state index in [4.69, 9.17) is 0 Å². The molecule has 0 saturated carbocycles. The number of para-hydroxylation sites is 1. The molecule has 0 unspecified atom stereocenters. The molecule has 21 heavy (non-hydrogen) atoms. The van der Waals surface area contributed by atoms with Crippen molar-refractivity contribution in [2.24, 2.45) is 0 Å². The molecule has 0 atom stereocenters. The van der Waals surface area contributed by atoms with Crippen LogP contribution in [0.3, 0.4) is 0 Å². The first kappa shape index (κ1) is 13.4. The standard InChI is InChI=1S/C17H15FN2O/c1-11-16(14-4-2-3-5-15(14)20-11)17(21)19-10-12-6-8-13(18)9-7-12/h2-9,20H,10H2,1H3,(H,19,21). The largest absolute Gasteiger partial charge is 0.358 e. The Kier molecular flexibility index (Phi) is 3.44. The summed E-state index contributed by atoms with van der Waals surface area (Å²) in [6.45, 7) is 2.25. The van der Waals surface area contributed by atoms with Crippen molar-refractivity contribution in [2.75, 3.05) is 0 Å². The Morgan fingerprint density at radius 1 is 1.14 bits per heavy atom. The molecule has 0 saturated heterocycles. The van der Waals surface area contributed by atoms with E-state index in [2.05, 4.69) is 10.3 Å². The van der Waals surface area contributed by atoms with Crippen LogP contribution in [-0.4, -0.2) is 10.9 Å². The number of rotatable bonds is 3. The molecule has 1 aromatic heterocycles. The van der Waals surface area contributed by atoms with Gasteiger partial charge in [0.05, 0.1) is 5.56 Å². The van der Waals surface area contributed by atoms with Gasteiger partial charge in [-0.15, -0.1) is 0 Å². The summed E-state index contributed by atoms with van der Waals surface area (Å²) in [5.41, 5.74) is 3.31. The number of halogens is 1. The molecule has 3 aromatic rings. The van der Waals surface area contributed by atoms with E-state index >= 15 is 0 Å². The van der Waals surface area contributed by atoms with Crippen molar-refractivity contribution in [3.8, 4) is 0 Å². The van der Waals surface area contributed by atoms with Gasteiger partial charge in [0.25, 0.3) is 5.91 Å². The van der Waals surface area contributed by atoms with E-state index in [9.17, 15) is 9.18 Å². The SMILES string of the molecule is Cc1[nH]c2ccccc2c1C(=O)NCc1ccc(F)cc1. The zero-order valence-corrected chi connectivity index (χ0v) is 11.6. The number of amides is 1.